The van der Waals surface area contributed by atoms with E-state index >= 15 is 0 Å². The molecule has 0 aromatic rings. The molecule has 0 radical (unpaired) electrons. The molecule has 3 aliphatic rings. The lowest BCUT2D eigenvalue weighted by Gasteiger charge is -2.48. The zero-order valence-electron chi connectivity index (χ0n) is 63.8. The highest BCUT2D eigenvalue weighted by atomic mass is 16.8. The summed E-state index contributed by atoms with van der Waals surface area (Å²) in [6, 6.07) is -0.993. The molecule has 17 atom stereocenters. The highest BCUT2D eigenvalue weighted by Crippen LogP contribution is 2.33. The first-order valence-corrected chi connectivity index (χ1v) is 41.0. The van der Waals surface area contributed by atoms with Crippen molar-refractivity contribution in [1.29, 1.82) is 0 Å². The van der Waals surface area contributed by atoms with E-state index in [-0.39, 0.29) is 18.9 Å². The third-order valence-corrected chi connectivity index (χ3v) is 19.9. The van der Waals surface area contributed by atoms with E-state index in [1.807, 2.05) is 6.08 Å². The molecule has 0 spiro atoms. The van der Waals surface area contributed by atoms with Gasteiger partial charge in [-0.1, -0.05) is 304 Å². The van der Waals surface area contributed by atoms with E-state index in [2.05, 4.69) is 104 Å². The third-order valence-electron chi connectivity index (χ3n) is 19.9. The lowest BCUT2D eigenvalue weighted by Crippen LogP contribution is -2.66. The molecule has 0 saturated carbocycles. The minimum absolute atomic E-state index is 0.235. The van der Waals surface area contributed by atoms with Crippen molar-refractivity contribution in [2.75, 3.05) is 26.4 Å². The molecule has 19 nitrogen and oxygen atoms in total. The van der Waals surface area contributed by atoms with Crippen molar-refractivity contribution >= 4 is 5.91 Å². The van der Waals surface area contributed by atoms with E-state index in [1.165, 1.54) is 186 Å². The van der Waals surface area contributed by atoms with Gasteiger partial charge in [0.15, 0.2) is 18.9 Å². The summed E-state index contributed by atoms with van der Waals surface area (Å²) in [7, 11) is 0. The lowest BCUT2D eigenvalue weighted by molar-refractivity contribution is -0.379. The van der Waals surface area contributed by atoms with Gasteiger partial charge in [-0.05, 0) is 83.5 Å². The number of hydrogen-bond donors (Lipinski definition) is 12. The Kier molecular flexibility index (Phi) is 58.0. The highest BCUT2D eigenvalue weighted by molar-refractivity contribution is 5.76. The van der Waals surface area contributed by atoms with Crippen LogP contribution in [-0.2, 0) is 33.2 Å². The van der Waals surface area contributed by atoms with Crippen LogP contribution < -0.4 is 5.32 Å². The molecular formula is C84H147NO18. The molecule has 17 unspecified atom stereocenters. The first-order chi connectivity index (χ1) is 50.3. The van der Waals surface area contributed by atoms with Crippen LogP contribution in [0.3, 0.4) is 0 Å². The number of rotatable bonds is 64. The van der Waals surface area contributed by atoms with Crippen molar-refractivity contribution in [2.24, 2.45) is 0 Å². The fourth-order valence-corrected chi connectivity index (χ4v) is 13.3. The van der Waals surface area contributed by atoms with Gasteiger partial charge in [0.25, 0.3) is 0 Å². The Bertz CT molecular complexity index is 2240. The lowest BCUT2D eigenvalue weighted by atomic mass is 9.96. The van der Waals surface area contributed by atoms with E-state index in [0.29, 0.717) is 12.8 Å². The maximum atomic E-state index is 13.5. The van der Waals surface area contributed by atoms with Crippen LogP contribution >= 0.6 is 0 Å². The fraction of sp³-hybridized carbons (Fsp3) is 0.798. The summed E-state index contributed by atoms with van der Waals surface area (Å²) in [5, 5.41) is 121. The molecule has 596 valence electrons. The Morgan fingerprint density at radius 2 is 0.680 bits per heavy atom. The van der Waals surface area contributed by atoms with E-state index in [0.717, 1.165) is 77.0 Å². The van der Waals surface area contributed by atoms with Gasteiger partial charge in [-0.2, -0.15) is 0 Å². The summed E-state index contributed by atoms with van der Waals surface area (Å²) < 4.78 is 34.4. The maximum Gasteiger partial charge on any atom is 0.220 e. The fourth-order valence-electron chi connectivity index (χ4n) is 13.3. The second-order valence-electron chi connectivity index (χ2n) is 28.8. The summed E-state index contributed by atoms with van der Waals surface area (Å²) in [4.78, 5) is 13.5. The number of allylic oxidation sites excluding steroid dienone is 15. The van der Waals surface area contributed by atoms with Gasteiger partial charge in [-0.3, -0.25) is 4.79 Å². The zero-order valence-corrected chi connectivity index (χ0v) is 63.8. The summed E-state index contributed by atoms with van der Waals surface area (Å²) in [6.07, 6.45) is 59.9. The molecule has 12 N–H and O–H groups in total. The van der Waals surface area contributed by atoms with Crippen molar-refractivity contribution in [3.63, 3.8) is 0 Å². The SMILES string of the molecule is CC/C=C\C/C=C\C/C=C\C/C=C\C/C=C\C/C=C\CCCCCCCCCCCCCCCCCCCCCCCCC(=O)NC(COC1OC(CO)C(OC2OC(CO)C(OC3OC(CO)C(O)C(O)C3O)C(O)C2O)C(O)C1O)C(O)/C=C/CC/C=C/CCCCCCCCCCCCC. The monoisotopic (exact) mass is 1460 g/mol. The van der Waals surface area contributed by atoms with Gasteiger partial charge in [0.05, 0.1) is 38.6 Å². The standard InChI is InChI=1S/C84H147NO18/c1-3-5-7-9-11-13-15-17-19-21-22-23-24-25-26-27-28-29-30-31-32-33-34-35-36-37-38-39-40-41-42-43-44-46-48-50-52-54-56-58-60-62-72(90)85-67(68(89)61-59-57-55-53-51-49-47-45-20-18-16-14-12-10-8-6-4-2)66-98-82-78(96)75(93)80(70(64-87)100-82)103-84-79(97)76(94)81(71(65-88)101-84)102-83-77(95)74(92)73(91)69(63-86)99-83/h5,7,11,13,17,19,22-23,25-26,28-29,51,53,59,61,67-71,73-84,86-89,91-97H,3-4,6,8-10,12,14-16,18,20-21,24,27,30-50,52,54-58,60,62-66H2,1-2H3,(H,85,90)/b7-5-,13-11-,19-17-,23-22-,26-25-,29-28-,53-51+,61-59+. The molecule has 3 rings (SSSR count). The van der Waals surface area contributed by atoms with E-state index in [1.54, 1.807) is 6.08 Å². The first-order valence-electron chi connectivity index (χ1n) is 41.0. The van der Waals surface area contributed by atoms with Crippen LogP contribution in [0.4, 0.5) is 0 Å². The second kappa shape index (κ2) is 63.6. The average molecular weight is 1460 g/mol. The Morgan fingerprint density at radius 1 is 0.359 bits per heavy atom. The minimum Gasteiger partial charge on any atom is -0.394 e. The van der Waals surface area contributed by atoms with E-state index in [9.17, 15) is 61.0 Å². The molecule has 19 heteroatoms. The van der Waals surface area contributed by atoms with Gasteiger partial charge in [0.2, 0.25) is 5.91 Å². The molecule has 3 saturated heterocycles. The molecule has 0 bridgehead atoms. The Labute approximate surface area is 622 Å². The Balaban J connectivity index is 1.30. The molecule has 3 heterocycles. The van der Waals surface area contributed by atoms with Crippen molar-refractivity contribution in [2.45, 2.75) is 401 Å². The zero-order chi connectivity index (χ0) is 74.6. The summed E-state index contributed by atoms with van der Waals surface area (Å²) in [6.45, 7) is 1.62. The predicted molar refractivity (Wildman–Crippen MR) is 411 cm³/mol. The van der Waals surface area contributed by atoms with Crippen LogP contribution in [0.2, 0.25) is 0 Å². The summed E-state index contributed by atoms with van der Waals surface area (Å²) >= 11 is 0. The van der Waals surface area contributed by atoms with Crippen molar-refractivity contribution < 1.29 is 89.4 Å². The summed E-state index contributed by atoms with van der Waals surface area (Å²) in [5.74, 6) is -0.283. The Morgan fingerprint density at radius 3 is 1.09 bits per heavy atom. The molecular weight excluding hydrogens is 1310 g/mol. The molecule has 0 aromatic carbocycles. The highest BCUT2D eigenvalue weighted by Gasteiger charge is 2.54. The Hall–Kier alpha value is -3.29. The third kappa shape index (κ3) is 43.5. The molecule has 1 amide bonds. The molecule has 103 heavy (non-hydrogen) atoms. The quantitative estimate of drug-likeness (QED) is 0.0199. The van der Waals surface area contributed by atoms with E-state index < -0.39 is 124 Å². The topological polar surface area (TPSA) is 307 Å². The smallest absolute Gasteiger partial charge is 0.220 e. The maximum absolute atomic E-state index is 13.5. The number of carbonyl (C=O) groups is 1. The van der Waals surface area contributed by atoms with Gasteiger partial charge >= 0.3 is 0 Å². The minimum atomic E-state index is -1.98. The van der Waals surface area contributed by atoms with Crippen LogP contribution in [0.15, 0.2) is 97.2 Å². The van der Waals surface area contributed by atoms with Crippen LogP contribution in [0.1, 0.15) is 296 Å². The van der Waals surface area contributed by atoms with Crippen molar-refractivity contribution in [3.8, 4) is 0 Å². The van der Waals surface area contributed by atoms with Crippen LogP contribution in [0, 0.1) is 0 Å². The number of hydrogen-bond acceptors (Lipinski definition) is 18. The van der Waals surface area contributed by atoms with Crippen molar-refractivity contribution in [1.82, 2.24) is 5.32 Å². The molecule has 0 aliphatic carbocycles. The van der Waals surface area contributed by atoms with E-state index in [4.69, 9.17) is 28.4 Å². The number of ether oxygens (including phenoxy) is 6. The predicted octanol–water partition coefficient (Wildman–Crippen LogP) is 14.0. The van der Waals surface area contributed by atoms with Gasteiger partial charge in [0.1, 0.15) is 73.2 Å². The number of unbranched alkanes of at least 4 members (excludes halogenated alkanes) is 34. The van der Waals surface area contributed by atoms with Gasteiger partial charge < -0.3 is 89.9 Å². The van der Waals surface area contributed by atoms with Crippen LogP contribution in [0.5, 0.6) is 0 Å². The number of amides is 1. The van der Waals surface area contributed by atoms with Gasteiger partial charge in [-0.15, -0.1) is 0 Å². The van der Waals surface area contributed by atoms with Crippen LogP contribution in [-0.4, -0.2) is 193 Å². The second-order valence-corrected chi connectivity index (χ2v) is 28.8. The number of aliphatic hydroxyl groups is 11. The summed E-state index contributed by atoms with van der Waals surface area (Å²) in [5.41, 5.74) is 0. The largest absolute Gasteiger partial charge is 0.394 e. The number of aliphatic hydroxyl groups excluding tert-OH is 11. The number of carbonyl (C=O) groups excluding carboxylic acids is 1. The van der Waals surface area contributed by atoms with Crippen molar-refractivity contribution in [3.05, 3.63) is 97.2 Å². The molecule has 3 aliphatic heterocycles. The van der Waals surface area contributed by atoms with Crippen LogP contribution in [0.25, 0.3) is 0 Å². The van der Waals surface area contributed by atoms with Gasteiger partial charge in [0, 0.05) is 6.42 Å². The van der Waals surface area contributed by atoms with Gasteiger partial charge in [-0.25, -0.2) is 0 Å². The molecule has 0 aromatic heterocycles. The first kappa shape index (κ1) is 93.9. The number of nitrogens with one attached hydrogen (secondary N) is 1. The molecule has 3 fully saturated rings. The average Bonchev–Trinajstić information content (AvgIpc) is 0.782. The normalized spacial score (nSPS) is 26.6.